The molecule has 2 rings (SSSR count). The maximum Gasteiger partial charge on any atom is 0.524 e. The van der Waals surface area contributed by atoms with E-state index in [0.29, 0.717) is 10.9 Å². The number of rotatable bonds is 2. The average molecular weight is 230 g/mol. The molecule has 0 saturated heterocycles. The van der Waals surface area contributed by atoms with Crippen molar-refractivity contribution in [3.05, 3.63) is 30.3 Å². The van der Waals surface area contributed by atoms with Gasteiger partial charge in [0.05, 0.1) is 0 Å². The molecule has 1 heterocycles. The number of hydrogen-bond donors (Lipinski definition) is 0. The fourth-order valence-electron chi connectivity index (χ4n) is 1.46. The largest absolute Gasteiger partial charge is 0.860 e. The fourth-order valence-corrected chi connectivity index (χ4v) is 1.46. The zero-order valence-electron chi connectivity index (χ0n) is 7.99. The van der Waals surface area contributed by atoms with Crippen molar-refractivity contribution in [3.63, 3.8) is 0 Å². The topological polar surface area (TPSA) is 37.2 Å². The standard InChI is InChI=1S/C10H8F3NO2/c11-10(12,13)16-6-14-8-4-2-1-3-7(8)5-9(14)15/h1-5,15H,6H2/p-1. The van der Waals surface area contributed by atoms with E-state index in [9.17, 15) is 18.3 Å². The lowest BCUT2D eigenvalue weighted by molar-refractivity contribution is -0.342. The van der Waals surface area contributed by atoms with Gasteiger partial charge in [-0.25, -0.2) is 0 Å². The third kappa shape index (κ3) is 2.11. The van der Waals surface area contributed by atoms with Crippen LogP contribution in [0.2, 0.25) is 0 Å². The van der Waals surface area contributed by atoms with E-state index in [0.717, 1.165) is 4.57 Å². The second-order valence-corrected chi connectivity index (χ2v) is 3.19. The first kappa shape index (κ1) is 10.8. The summed E-state index contributed by atoms with van der Waals surface area (Å²) in [5.41, 5.74) is 0.428. The smallest absolute Gasteiger partial charge is 0.524 e. The first-order valence-electron chi connectivity index (χ1n) is 4.43. The maximum atomic E-state index is 11.8. The molecular weight excluding hydrogens is 223 g/mol. The molecule has 1 aromatic carbocycles. The van der Waals surface area contributed by atoms with Crippen LogP contribution in [-0.2, 0) is 11.5 Å². The van der Waals surface area contributed by atoms with Crippen molar-refractivity contribution >= 4 is 10.9 Å². The van der Waals surface area contributed by atoms with Gasteiger partial charge in [-0.1, -0.05) is 18.2 Å². The van der Waals surface area contributed by atoms with Crippen LogP contribution in [0.3, 0.4) is 0 Å². The van der Waals surface area contributed by atoms with Crippen molar-refractivity contribution in [2.45, 2.75) is 13.1 Å². The highest BCUT2D eigenvalue weighted by molar-refractivity contribution is 5.81. The predicted octanol–water partition coefficient (Wildman–Crippen LogP) is 2.21. The van der Waals surface area contributed by atoms with E-state index in [1.54, 1.807) is 24.3 Å². The molecule has 0 saturated carbocycles. The van der Waals surface area contributed by atoms with Gasteiger partial charge < -0.3 is 9.67 Å². The lowest BCUT2D eigenvalue weighted by Gasteiger charge is -2.14. The van der Waals surface area contributed by atoms with Crippen LogP contribution in [-0.4, -0.2) is 10.9 Å². The Morgan fingerprint density at radius 2 is 1.94 bits per heavy atom. The van der Waals surface area contributed by atoms with Gasteiger partial charge in [0, 0.05) is 5.52 Å². The average Bonchev–Trinajstić information content (AvgIpc) is 2.49. The Balaban J connectivity index is 2.33. The lowest BCUT2D eigenvalue weighted by atomic mass is 10.2. The molecule has 3 nitrogen and oxygen atoms in total. The number of nitrogens with zero attached hydrogens (tertiary/aromatic N) is 1. The molecule has 0 unspecified atom stereocenters. The van der Waals surface area contributed by atoms with Gasteiger partial charge in [-0.15, -0.1) is 13.2 Å². The quantitative estimate of drug-likeness (QED) is 0.793. The van der Waals surface area contributed by atoms with Gasteiger partial charge in [0.15, 0.2) is 0 Å². The van der Waals surface area contributed by atoms with Crippen molar-refractivity contribution in [2.75, 3.05) is 0 Å². The molecule has 16 heavy (non-hydrogen) atoms. The summed E-state index contributed by atoms with van der Waals surface area (Å²) in [6.07, 6.45) is -4.74. The summed E-state index contributed by atoms with van der Waals surface area (Å²) in [7, 11) is 0. The molecule has 0 aliphatic carbocycles. The van der Waals surface area contributed by atoms with Crippen molar-refractivity contribution < 1.29 is 23.0 Å². The molecular formula is C10H7F3NO2-. The highest BCUT2D eigenvalue weighted by atomic mass is 19.4. The molecule has 6 heteroatoms. The molecule has 1 aromatic heterocycles. The summed E-state index contributed by atoms with van der Waals surface area (Å²) in [6.45, 7) is -0.824. The predicted molar refractivity (Wildman–Crippen MR) is 48.5 cm³/mol. The SMILES string of the molecule is [O-]c1cc2ccccc2n1COC(F)(F)F. The summed E-state index contributed by atoms with van der Waals surface area (Å²) in [6, 6.07) is 7.84. The van der Waals surface area contributed by atoms with E-state index in [2.05, 4.69) is 4.74 Å². The van der Waals surface area contributed by atoms with Crippen LogP contribution < -0.4 is 5.11 Å². The molecule has 86 valence electrons. The van der Waals surface area contributed by atoms with Crippen LogP contribution in [0.4, 0.5) is 13.2 Å². The first-order valence-corrected chi connectivity index (χ1v) is 4.43. The number of alkyl halides is 3. The molecule has 0 N–H and O–H groups in total. The number of para-hydroxylation sites is 1. The van der Waals surface area contributed by atoms with Crippen LogP contribution in [0.15, 0.2) is 30.3 Å². The molecule has 0 spiro atoms. The van der Waals surface area contributed by atoms with Gasteiger partial charge in [0.25, 0.3) is 0 Å². The molecule has 0 fully saturated rings. The summed E-state index contributed by atoms with van der Waals surface area (Å²) < 4.78 is 40.1. The minimum Gasteiger partial charge on any atom is -0.860 e. The molecule has 2 aromatic rings. The zero-order chi connectivity index (χ0) is 11.8. The van der Waals surface area contributed by atoms with Crippen LogP contribution in [0.5, 0.6) is 5.88 Å². The van der Waals surface area contributed by atoms with Gasteiger partial charge in [0.2, 0.25) is 0 Å². The van der Waals surface area contributed by atoms with Gasteiger partial charge in [0.1, 0.15) is 6.73 Å². The van der Waals surface area contributed by atoms with Crippen molar-refractivity contribution in [2.24, 2.45) is 0 Å². The van der Waals surface area contributed by atoms with Crippen LogP contribution in [0.25, 0.3) is 10.9 Å². The molecule has 0 aliphatic rings. The van der Waals surface area contributed by atoms with E-state index in [-0.39, 0.29) is 0 Å². The Labute approximate surface area is 88.7 Å². The van der Waals surface area contributed by atoms with E-state index in [4.69, 9.17) is 0 Å². The Morgan fingerprint density at radius 3 is 2.62 bits per heavy atom. The molecule has 0 aliphatic heterocycles. The monoisotopic (exact) mass is 230 g/mol. The van der Waals surface area contributed by atoms with E-state index in [1.807, 2.05) is 0 Å². The highest BCUT2D eigenvalue weighted by Gasteiger charge is 2.29. The molecule has 0 amide bonds. The summed E-state index contributed by atoms with van der Waals surface area (Å²) in [4.78, 5) is 0. The summed E-state index contributed by atoms with van der Waals surface area (Å²) in [5, 5.41) is 12.0. The van der Waals surface area contributed by atoms with Crippen LogP contribution >= 0.6 is 0 Å². The van der Waals surface area contributed by atoms with Crippen LogP contribution in [0.1, 0.15) is 0 Å². The van der Waals surface area contributed by atoms with Gasteiger partial charge in [-0.3, -0.25) is 4.74 Å². The molecule has 0 radical (unpaired) electrons. The number of benzene rings is 1. The van der Waals surface area contributed by atoms with E-state index >= 15 is 0 Å². The Hall–Kier alpha value is -1.69. The number of aromatic nitrogens is 1. The Bertz CT molecular complexity index is 504. The second-order valence-electron chi connectivity index (χ2n) is 3.19. The second kappa shape index (κ2) is 3.71. The Morgan fingerprint density at radius 1 is 1.25 bits per heavy atom. The van der Waals surface area contributed by atoms with Crippen molar-refractivity contribution in [1.82, 2.24) is 4.57 Å². The minimum absolute atomic E-state index is 0.428. The third-order valence-corrected chi connectivity index (χ3v) is 2.13. The minimum atomic E-state index is -4.74. The molecule has 0 bridgehead atoms. The van der Waals surface area contributed by atoms with E-state index in [1.165, 1.54) is 6.07 Å². The number of hydrogen-bond acceptors (Lipinski definition) is 2. The zero-order valence-corrected chi connectivity index (χ0v) is 7.99. The third-order valence-electron chi connectivity index (χ3n) is 2.13. The number of ether oxygens (including phenoxy) is 1. The fraction of sp³-hybridized carbons (Fsp3) is 0.200. The summed E-state index contributed by atoms with van der Waals surface area (Å²) in [5.74, 6) is -0.509. The maximum absolute atomic E-state index is 11.8. The van der Waals surface area contributed by atoms with Crippen molar-refractivity contribution in [1.29, 1.82) is 0 Å². The van der Waals surface area contributed by atoms with Gasteiger partial charge in [-0.05, 0) is 23.4 Å². The normalized spacial score (nSPS) is 12.2. The van der Waals surface area contributed by atoms with Crippen molar-refractivity contribution in [3.8, 4) is 5.88 Å². The number of halogens is 3. The summed E-state index contributed by atoms with van der Waals surface area (Å²) >= 11 is 0. The van der Waals surface area contributed by atoms with Gasteiger partial charge in [-0.2, -0.15) is 0 Å². The number of fused-ring (bicyclic) bond motifs is 1. The van der Waals surface area contributed by atoms with Gasteiger partial charge >= 0.3 is 6.36 Å². The van der Waals surface area contributed by atoms with E-state index < -0.39 is 19.0 Å². The van der Waals surface area contributed by atoms with Crippen LogP contribution in [0, 0.1) is 0 Å². The lowest BCUT2D eigenvalue weighted by Crippen LogP contribution is -2.17. The first-order chi connectivity index (χ1) is 7.47. The Kier molecular flexibility index (Phi) is 2.51. The highest BCUT2D eigenvalue weighted by Crippen LogP contribution is 2.24. The molecule has 0 atom stereocenters.